The Balaban J connectivity index is 2.93. The number of carbonyl (C=O) groups is 2. The lowest BCUT2D eigenvalue weighted by molar-refractivity contribution is -0.136. The molecule has 2 N–H and O–H groups in total. The first-order valence-electron chi connectivity index (χ1n) is 6.10. The van der Waals surface area contributed by atoms with Crippen molar-refractivity contribution in [2.45, 2.75) is 32.8 Å². The molecule has 0 fully saturated rings. The van der Waals surface area contributed by atoms with Gasteiger partial charge in [-0.25, -0.2) is 4.79 Å². The molecule has 0 aliphatic rings. The van der Waals surface area contributed by atoms with Gasteiger partial charge in [0, 0.05) is 5.69 Å². The monoisotopic (exact) mass is 281 g/mol. The second-order valence-electron chi connectivity index (χ2n) is 5.22. The first-order chi connectivity index (χ1) is 9.21. The van der Waals surface area contributed by atoms with Gasteiger partial charge in [0.1, 0.15) is 11.4 Å². The van der Waals surface area contributed by atoms with Gasteiger partial charge in [0.2, 0.25) is 0 Å². The molecule has 1 rings (SSSR count). The predicted molar refractivity (Wildman–Crippen MR) is 74.2 cm³/mol. The minimum atomic E-state index is -0.995. The molecule has 0 atom stereocenters. The minimum absolute atomic E-state index is 0.220. The van der Waals surface area contributed by atoms with Crippen molar-refractivity contribution in [2.24, 2.45) is 0 Å². The number of ether oxygens (including phenoxy) is 2. The molecular formula is C14H19NO5. The van der Waals surface area contributed by atoms with Crippen LogP contribution in [0.1, 0.15) is 26.3 Å². The molecule has 0 aromatic heterocycles. The van der Waals surface area contributed by atoms with E-state index in [1.54, 1.807) is 39.0 Å². The van der Waals surface area contributed by atoms with E-state index >= 15 is 0 Å². The van der Waals surface area contributed by atoms with E-state index in [0.717, 1.165) is 0 Å². The van der Waals surface area contributed by atoms with Crippen molar-refractivity contribution in [3.63, 3.8) is 0 Å². The highest BCUT2D eigenvalue weighted by Gasteiger charge is 2.18. The molecule has 0 saturated carbocycles. The normalized spacial score (nSPS) is 10.8. The maximum Gasteiger partial charge on any atom is 0.412 e. The lowest BCUT2D eigenvalue weighted by atomic mass is 10.1. The number of carboxylic acid groups (broad SMARTS) is 1. The summed E-state index contributed by atoms with van der Waals surface area (Å²) in [6.07, 6.45) is -0.850. The molecule has 0 unspecified atom stereocenters. The van der Waals surface area contributed by atoms with Crippen LogP contribution in [0.4, 0.5) is 10.5 Å². The van der Waals surface area contributed by atoms with Crippen LogP contribution in [0.15, 0.2) is 18.2 Å². The Morgan fingerprint density at radius 1 is 1.30 bits per heavy atom. The summed E-state index contributed by atoms with van der Waals surface area (Å²) in [7, 11) is 1.49. The Hall–Kier alpha value is -2.24. The summed E-state index contributed by atoms with van der Waals surface area (Å²) >= 11 is 0. The van der Waals surface area contributed by atoms with Gasteiger partial charge in [0.15, 0.2) is 0 Å². The van der Waals surface area contributed by atoms with E-state index in [1.807, 2.05) is 0 Å². The zero-order chi connectivity index (χ0) is 15.3. The Morgan fingerprint density at radius 2 is 1.95 bits per heavy atom. The highest BCUT2D eigenvalue weighted by Crippen LogP contribution is 2.23. The van der Waals surface area contributed by atoms with E-state index in [-0.39, 0.29) is 6.42 Å². The maximum absolute atomic E-state index is 11.7. The van der Waals surface area contributed by atoms with Gasteiger partial charge < -0.3 is 14.6 Å². The SMILES string of the molecule is COc1ccc(NC(=O)OC(C)(C)C)c(CC(=O)O)c1. The number of hydrogen-bond acceptors (Lipinski definition) is 4. The average molecular weight is 281 g/mol. The Kier molecular flexibility index (Phi) is 4.96. The summed E-state index contributed by atoms with van der Waals surface area (Å²) in [5.41, 5.74) is 0.217. The molecule has 0 bridgehead atoms. The zero-order valence-corrected chi connectivity index (χ0v) is 12.0. The molecule has 0 spiro atoms. The molecule has 0 radical (unpaired) electrons. The number of amides is 1. The van der Waals surface area contributed by atoms with Gasteiger partial charge in [0.25, 0.3) is 0 Å². The lowest BCUT2D eigenvalue weighted by Crippen LogP contribution is -2.27. The Labute approximate surface area is 117 Å². The van der Waals surface area contributed by atoms with Crippen molar-refractivity contribution in [1.29, 1.82) is 0 Å². The molecular weight excluding hydrogens is 262 g/mol. The quantitative estimate of drug-likeness (QED) is 0.886. The number of nitrogens with one attached hydrogen (secondary N) is 1. The fourth-order valence-corrected chi connectivity index (χ4v) is 1.54. The van der Waals surface area contributed by atoms with Crippen molar-refractivity contribution in [1.82, 2.24) is 0 Å². The third-order valence-corrected chi connectivity index (χ3v) is 2.29. The van der Waals surface area contributed by atoms with Gasteiger partial charge in [-0.3, -0.25) is 10.1 Å². The van der Waals surface area contributed by atoms with Gasteiger partial charge in [-0.1, -0.05) is 0 Å². The fraction of sp³-hybridized carbons (Fsp3) is 0.429. The van der Waals surface area contributed by atoms with Crippen molar-refractivity contribution >= 4 is 17.7 Å². The van der Waals surface area contributed by atoms with Gasteiger partial charge in [0.05, 0.1) is 13.5 Å². The third kappa shape index (κ3) is 5.17. The summed E-state index contributed by atoms with van der Waals surface area (Å²) in [5, 5.41) is 11.4. The van der Waals surface area contributed by atoms with Crippen LogP contribution in [0.2, 0.25) is 0 Å². The molecule has 1 amide bonds. The number of methoxy groups -OCH3 is 1. The van der Waals surface area contributed by atoms with Gasteiger partial charge in [-0.05, 0) is 44.5 Å². The largest absolute Gasteiger partial charge is 0.497 e. The van der Waals surface area contributed by atoms with E-state index in [9.17, 15) is 9.59 Å². The van der Waals surface area contributed by atoms with Crippen molar-refractivity contribution in [3.05, 3.63) is 23.8 Å². The molecule has 0 aliphatic heterocycles. The van der Waals surface area contributed by atoms with Gasteiger partial charge >= 0.3 is 12.1 Å². The standard InChI is InChI=1S/C14H19NO5/c1-14(2,3)20-13(18)15-11-6-5-10(19-4)7-9(11)8-12(16)17/h5-7H,8H2,1-4H3,(H,15,18)(H,16,17). The Bertz CT molecular complexity index is 505. The summed E-state index contributed by atoms with van der Waals surface area (Å²) in [6.45, 7) is 5.25. The maximum atomic E-state index is 11.7. The van der Waals surface area contributed by atoms with Crippen LogP contribution >= 0.6 is 0 Å². The van der Waals surface area contributed by atoms with E-state index in [1.165, 1.54) is 7.11 Å². The smallest absolute Gasteiger partial charge is 0.412 e. The molecule has 0 saturated heterocycles. The zero-order valence-electron chi connectivity index (χ0n) is 12.0. The first-order valence-corrected chi connectivity index (χ1v) is 6.10. The van der Waals surface area contributed by atoms with E-state index in [2.05, 4.69) is 5.32 Å². The first kappa shape index (κ1) is 15.8. The summed E-state index contributed by atoms with van der Waals surface area (Å²) in [4.78, 5) is 22.6. The number of hydrogen-bond donors (Lipinski definition) is 2. The van der Waals surface area contributed by atoms with Crippen LogP contribution in [-0.4, -0.2) is 29.9 Å². The topological polar surface area (TPSA) is 84.9 Å². The molecule has 1 aromatic carbocycles. The number of rotatable bonds is 4. The number of aliphatic carboxylic acids is 1. The van der Waals surface area contributed by atoms with Gasteiger partial charge in [-0.2, -0.15) is 0 Å². The highest BCUT2D eigenvalue weighted by molar-refractivity contribution is 5.87. The van der Waals surface area contributed by atoms with Crippen molar-refractivity contribution in [2.75, 3.05) is 12.4 Å². The summed E-state index contributed by atoms with van der Waals surface area (Å²) in [5.74, 6) is -0.471. The second kappa shape index (κ2) is 6.27. The van der Waals surface area contributed by atoms with Crippen LogP contribution in [0.5, 0.6) is 5.75 Å². The summed E-state index contributed by atoms with van der Waals surface area (Å²) in [6, 6.07) is 4.79. The van der Waals surface area contributed by atoms with Crippen molar-refractivity contribution in [3.8, 4) is 5.75 Å². The number of benzene rings is 1. The molecule has 6 heteroatoms. The second-order valence-corrected chi connectivity index (χ2v) is 5.22. The molecule has 110 valence electrons. The molecule has 6 nitrogen and oxygen atoms in total. The summed E-state index contributed by atoms with van der Waals surface area (Å²) < 4.78 is 10.2. The van der Waals surface area contributed by atoms with Crippen LogP contribution < -0.4 is 10.1 Å². The number of carboxylic acids is 1. The molecule has 0 aliphatic carbocycles. The molecule has 0 heterocycles. The lowest BCUT2D eigenvalue weighted by Gasteiger charge is -2.20. The molecule has 20 heavy (non-hydrogen) atoms. The number of anilines is 1. The van der Waals surface area contributed by atoms with E-state index in [0.29, 0.717) is 17.0 Å². The van der Waals surface area contributed by atoms with E-state index < -0.39 is 17.7 Å². The molecule has 1 aromatic rings. The van der Waals surface area contributed by atoms with Crippen LogP contribution in [-0.2, 0) is 16.0 Å². The predicted octanol–water partition coefficient (Wildman–Crippen LogP) is 2.67. The van der Waals surface area contributed by atoms with Gasteiger partial charge in [-0.15, -0.1) is 0 Å². The highest BCUT2D eigenvalue weighted by atomic mass is 16.6. The van der Waals surface area contributed by atoms with Crippen molar-refractivity contribution < 1.29 is 24.2 Å². The van der Waals surface area contributed by atoms with Crippen LogP contribution in [0.3, 0.4) is 0 Å². The minimum Gasteiger partial charge on any atom is -0.497 e. The van der Waals surface area contributed by atoms with Crippen LogP contribution in [0, 0.1) is 0 Å². The Morgan fingerprint density at radius 3 is 2.45 bits per heavy atom. The van der Waals surface area contributed by atoms with Crippen LogP contribution in [0.25, 0.3) is 0 Å². The third-order valence-electron chi connectivity index (χ3n) is 2.29. The number of carbonyl (C=O) groups excluding carboxylic acids is 1. The fourth-order valence-electron chi connectivity index (χ4n) is 1.54. The average Bonchev–Trinajstić information content (AvgIpc) is 2.28. The van der Waals surface area contributed by atoms with E-state index in [4.69, 9.17) is 14.6 Å².